The Hall–Kier alpha value is -3.23. The number of hydrogen-bond donors (Lipinski definition) is 6. The van der Waals surface area contributed by atoms with Crippen molar-refractivity contribution in [3.8, 4) is 0 Å². The van der Waals surface area contributed by atoms with Gasteiger partial charge in [0.25, 0.3) is 0 Å². The number of carbonyl (C=O) groups is 6. The average molecular weight is 1430 g/mol. The van der Waals surface area contributed by atoms with Crippen LogP contribution in [-0.2, 0) is 66.3 Å². The van der Waals surface area contributed by atoms with Crippen molar-refractivity contribution in [1.82, 2.24) is 10.6 Å². The van der Waals surface area contributed by atoms with Gasteiger partial charge in [0.15, 0.2) is 12.4 Å². The van der Waals surface area contributed by atoms with Crippen molar-refractivity contribution in [1.29, 1.82) is 0 Å². The maximum absolute atomic E-state index is 14.8. The topological polar surface area (TPSA) is 289 Å². The van der Waals surface area contributed by atoms with E-state index < -0.39 is 119 Å². The first-order valence-corrected chi connectivity index (χ1v) is 42.1. The quantitative estimate of drug-likeness (QED) is 0.0143. The fraction of sp³-hybridized carbons (Fsp3) is 0.923. The third kappa shape index (κ3) is 53.2. The van der Waals surface area contributed by atoms with E-state index in [0.717, 1.165) is 205 Å². The number of amides is 2. The lowest BCUT2D eigenvalue weighted by atomic mass is 9.95. The summed E-state index contributed by atoms with van der Waals surface area (Å²) in [6.45, 7) is 10.9. The molecule has 0 radical (unpaired) electrons. The summed E-state index contributed by atoms with van der Waals surface area (Å²) in [7, 11) is -5.51. The number of rotatable bonds is 70. The predicted molar refractivity (Wildman–Crippen MR) is 392 cm³/mol. The minimum absolute atomic E-state index is 0.148. The van der Waals surface area contributed by atoms with Crippen LogP contribution in [0.15, 0.2) is 0 Å². The van der Waals surface area contributed by atoms with E-state index in [1.165, 1.54) is 51.4 Å². The van der Waals surface area contributed by atoms with Crippen molar-refractivity contribution in [3.63, 3.8) is 0 Å². The first-order valence-electron chi connectivity index (χ1n) is 40.6. The monoisotopic (exact) mass is 1430 g/mol. The van der Waals surface area contributed by atoms with Crippen LogP contribution in [0.4, 0.5) is 0 Å². The van der Waals surface area contributed by atoms with Gasteiger partial charge >= 0.3 is 31.7 Å². The number of aliphatic hydroxyl groups is 2. The molecule has 1 saturated heterocycles. The van der Waals surface area contributed by atoms with E-state index in [1.807, 2.05) is 0 Å². The summed E-state index contributed by atoms with van der Waals surface area (Å²) in [5.41, 5.74) is 0. The van der Waals surface area contributed by atoms with Crippen LogP contribution < -0.4 is 10.6 Å². The van der Waals surface area contributed by atoms with Gasteiger partial charge in [-0.2, -0.15) is 0 Å². The summed E-state index contributed by atoms with van der Waals surface area (Å²) in [5.74, 6) is -3.53. The molecule has 0 aromatic carbocycles. The zero-order valence-corrected chi connectivity index (χ0v) is 64.3. The van der Waals surface area contributed by atoms with Gasteiger partial charge in [0.1, 0.15) is 36.6 Å². The molecular formula is C78H147N2O18P. The Bertz CT molecular complexity index is 2030. The Morgan fingerprint density at radius 1 is 0.404 bits per heavy atom. The molecule has 0 spiro atoms. The van der Waals surface area contributed by atoms with E-state index in [4.69, 9.17) is 32.9 Å². The van der Waals surface area contributed by atoms with Crippen LogP contribution in [0.5, 0.6) is 0 Å². The molecule has 2 amide bonds. The van der Waals surface area contributed by atoms with Crippen LogP contribution in [0, 0.1) is 0 Å². The van der Waals surface area contributed by atoms with Gasteiger partial charge in [-0.3, -0.25) is 33.3 Å². The fourth-order valence-electron chi connectivity index (χ4n) is 13.0. The molecule has 1 aliphatic heterocycles. The van der Waals surface area contributed by atoms with E-state index in [1.54, 1.807) is 0 Å². The SMILES string of the molecule is CCCCCCCCCCC[C@H](CC(=O)N[C@H](CO)CO[C@H]1O[C@H](CO)[C@@H](OP(=O)(O)O)[C@H](OC(=O)C[C@@H](CCCCCCCCCCC)OC(=O)CCCCCCCC)[C@@H]1NC(=O)C[C@@H](CCCCCCCCCCC)OC(=O)CCCCCCCC)OC(=O)CCCCCCCC. The number of nitrogens with one attached hydrogen (secondary N) is 2. The molecule has 1 fully saturated rings. The molecule has 20 nitrogen and oxygen atoms in total. The number of ether oxygens (including phenoxy) is 6. The Morgan fingerprint density at radius 2 is 0.717 bits per heavy atom. The standard InChI is InChI=1S/C78H147N2O18P/c1-7-13-19-25-31-34-37-40-46-52-65(93-71(85)55-49-43-28-22-16-10-4)58-69(83)79-64(61-81)63-92-78-75(80-70(84)59-66(53-47-41-38-35-32-26-20-14-8-2)94-72(86)56-50-44-29-23-17-11-5)77(76(68(62-82)96-78)98-99(89,90)91)97-74(88)60-67(54-48-42-39-36-33-27-21-15-9-3)95-73(87)57-51-45-30-24-18-12-6/h64-68,75-78,81-82H,7-63H2,1-6H3,(H,79,83)(H,80,84)(H2,89,90,91)/t64-,65-,66-,67-,68-,75+,76-,77-,78+/m1/s1. The lowest BCUT2D eigenvalue weighted by Gasteiger charge is -2.45. The van der Waals surface area contributed by atoms with Crippen LogP contribution in [0.25, 0.3) is 0 Å². The number of phosphoric acid groups is 1. The molecule has 1 heterocycles. The van der Waals surface area contributed by atoms with E-state index >= 15 is 0 Å². The second-order valence-electron chi connectivity index (χ2n) is 28.5. The first kappa shape index (κ1) is 93.8. The van der Waals surface area contributed by atoms with Gasteiger partial charge < -0.3 is 59.1 Å². The molecule has 1 aliphatic rings. The van der Waals surface area contributed by atoms with Crippen LogP contribution in [0.2, 0.25) is 0 Å². The third-order valence-corrected chi connectivity index (χ3v) is 19.5. The highest BCUT2D eigenvalue weighted by molar-refractivity contribution is 7.46. The summed E-state index contributed by atoms with van der Waals surface area (Å²) >= 11 is 0. The Labute approximate surface area is 600 Å². The summed E-state index contributed by atoms with van der Waals surface area (Å²) in [4.78, 5) is 105. The van der Waals surface area contributed by atoms with Crippen molar-refractivity contribution in [2.45, 2.75) is 443 Å². The van der Waals surface area contributed by atoms with Gasteiger partial charge in [0, 0.05) is 19.3 Å². The molecule has 99 heavy (non-hydrogen) atoms. The van der Waals surface area contributed by atoms with Gasteiger partial charge in [-0.1, -0.05) is 292 Å². The molecule has 1 rings (SSSR count). The van der Waals surface area contributed by atoms with E-state index in [9.17, 15) is 53.3 Å². The Kier molecular flexibility index (Phi) is 61.0. The molecule has 0 aliphatic carbocycles. The smallest absolute Gasteiger partial charge is 0.462 e. The normalized spacial score (nSPS) is 17.5. The van der Waals surface area contributed by atoms with Gasteiger partial charge in [0.2, 0.25) is 11.8 Å². The summed E-state index contributed by atoms with van der Waals surface area (Å²) in [5, 5.41) is 27.4. The molecule has 21 heteroatoms. The van der Waals surface area contributed by atoms with Crippen LogP contribution in [0.3, 0.4) is 0 Å². The second kappa shape index (κ2) is 64.4. The van der Waals surface area contributed by atoms with Crippen LogP contribution >= 0.6 is 7.82 Å². The molecule has 0 aromatic rings. The zero-order chi connectivity index (χ0) is 72.8. The van der Waals surface area contributed by atoms with Crippen molar-refractivity contribution in [2.75, 3.05) is 19.8 Å². The number of esters is 4. The highest BCUT2D eigenvalue weighted by Crippen LogP contribution is 2.42. The van der Waals surface area contributed by atoms with Gasteiger partial charge in [-0.05, 0) is 57.8 Å². The van der Waals surface area contributed by atoms with Gasteiger partial charge in [-0.25, -0.2) is 4.57 Å². The molecule has 9 atom stereocenters. The van der Waals surface area contributed by atoms with Crippen molar-refractivity contribution >= 4 is 43.5 Å². The molecular weight excluding hydrogens is 1280 g/mol. The Balaban J connectivity index is 3.79. The van der Waals surface area contributed by atoms with Crippen molar-refractivity contribution < 1.29 is 86.3 Å². The number of unbranched alkanes of at least 4 members (excludes halogenated alkanes) is 39. The molecule has 0 unspecified atom stereocenters. The molecule has 582 valence electrons. The van der Waals surface area contributed by atoms with Gasteiger partial charge in [-0.15, -0.1) is 0 Å². The third-order valence-electron chi connectivity index (χ3n) is 18.9. The number of hydrogen-bond acceptors (Lipinski definition) is 16. The number of carbonyl (C=O) groups excluding carboxylic acids is 6. The van der Waals surface area contributed by atoms with Crippen LogP contribution in [0.1, 0.15) is 388 Å². The molecule has 0 aromatic heterocycles. The highest BCUT2D eigenvalue weighted by atomic mass is 31.2. The molecule has 0 saturated carbocycles. The van der Waals surface area contributed by atoms with Crippen LogP contribution in [-0.4, -0.2) is 131 Å². The highest BCUT2D eigenvalue weighted by Gasteiger charge is 2.52. The summed E-state index contributed by atoms with van der Waals surface area (Å²) in [6.07, 6.45) is 36.7. The second-order valence-corrected chi connectivity index (χ2v) is 29.7. The van der Waals surface area contributed by atoms with Crippen molar-refractivity contribution in [2.24, 2.45) is 0 Å². The summed E-state index contributed by atoms with van der Waals surface area (Å²) in [6, 6.07) is -2.80. The maximum Gasteiger partial charge on any atom is 0.470 e. The molecule has 6 N–H and O–H groups in total. The lowest BCUT2D eigenvalue weighted by molar-refractivity contribution is -0.272. The predicted octanol–water partition coefficient (Wildman–Crippen LogP) is 18.0. The lowest BCUT2D eigenvalue weighted by Crippen LogP contribution is -2.66. The first-order chi connectivity index (χ1) is 48.0. The minimum atomic E-state index is -5.51. The molecule has 0 bridgehead atoms. The Morgan fingerprint density at radius 3 is 1.04 bits per heavy atom. The minimum Gasteiger partial charge on any atom is -0.462 e. The van der Waals surface area contributed by atoms with E-state index in [0.29, 0.717) is 51.4 Å². The van der Waals surface area contributed by atoms with E-state index in [-0.39, 0.29) is 38.1 Å². The van der Waals surface area contributed by atoms with Crippen molar-refractivity contribution in [3.05, 3.63) is 0 Å². The van der Waals surface area contributed by atoms with Gasteiger partial charge in [0.05, 0.1) is 45.1 Å². The number of phosphoric ester groups is 1. The largest absolute Gasteiger partial charge is 0.470 e. The summed E-state index contributed by atoms with van der Waals surface area (Å²) < 4.78 is 55.1. The average Bonchev–Trinajstić information content (AvgIpc) is 0.782. The maximum atomic E-state index is 14.8. The number of aliphatic hydroxyl groups excluding tert-OH is 2. The fourth-order valence-corrected chi connectivity index (χ4v) is 13.6. The zero-order valence-electron chi connectivity index (χ0n) is 63.5. The van der Waals surface area contributed by atoms with E-state index in [2.05, 4.69) is 52.2 Å².